The first-order valence-electron chi connectivity index (χ1n) is 12.7. The number of fused-ring (bicyclic) bond motifs is 1. The number of carbonyl (C=O) groups excluding carboxylic acids is 1. The molecule has 4 rings (SSSR count). The van der Waals surface area contributed by atoms with Crippen molar-refractivity contribution in [2.24, 2.45) is 5.92 Å². The molecule has 0 aliphatic carbocycles. The number of thiol groups is 1. The maximum Gasteiger partial charge on any atom is 0.207 e. The molecule has 1 fully saturated rings. The Labute approximate surface area is 217 Å². The van der Waals surface area contributed by atoms with Gasteiger partial charge in [-0.2, -0.15) is 0 Å². The van der Waals surface area contributed by atoms with Gasteiger partial charge < -0.3 is 15.4 Å². The van der Waals surface area contributed by atoms with Gasteiger partial charge in [-0.1, -0.05) is 56.3 Å². The molecule has 1 aliphatic heterocycles. The van der Waals surface area contributed by atoms with Crippen LogP contribution in [0.15, 0.2) is 65.6 Å². The van der Waals surface area contributed by atoms with Crippen molar-refractivity contribution in [3.63, 3.8) is 0 Å². The SMILES string of the molecule is Cc1ccc(C)c(OCCCC(C)C)c1.O=CNC1CCNCC1.Sc1ccc2ccccc2c1. The lowest BCUT2D eigenvalue weighted by Gasteiger charge is -2.21. The summed E-state index contributed by atoms with van der Waals surface area (Å²) in [5, 5.41) is 8.50. The van der Waals surface area contributed by atoms with E-state index in [4.69, 9.17) is 4.74 Å². The molecule has 0 saturated carbocycles. The summed E-state index contributed by atoms with van der Waals surface area (Å²) in [7, 11) is 0. The molecule has 3 aromatic rings. The van der Waals surface area contributed by atoms with Crippen LogP contribution in [0.4, 0.5) is 0 Å². The Morgan fingerprint density at radius 3 is 2.43 bits per heavy atom. The number of hydrogen-bond acceptors (Lipinski definition) is 4. The molecular weight excluding hydrogens is 452 g/mol. The molecule has 5 heteroatoms. The molecule has 2 N–H and O–H groups in total. The fourth-order valence-electron chi connectivity index (χ4n) is 3.80. The van der Waals surface area contributed by atoms with Crippen LogP contribution in [0.2, 0.25) is 0 Å². The van der Waals surface area contributed by atoms with Crippen LogP contribution in [-0.4, -0.2) is 32.1 Å². The van der Waals surface area contributed by atoms with E-state index < -0.39 is 0 Å². The Hall–Kier alpha value is -2.50. The first-order chi connectivity index (χ1) is 16.9. The van der Waals surface area contributed by atoms with Gasteiger partial charge in [0.1, 0.15) is 5.75 Å². The number of hydrogen-bond donors (Lipinski definition) is 3. The second-order valence-corrected chi connectivity index (χ2v) is 10.0. The number of rotatable bonds is 7. The average molecular weight is 495 g/mol. The molecule has 0 spiro atoms. The second-order valence-electron chi connectivity index (χ2n) is 9.49. The largest absolute Gasteiger partial charge is 0.493 e. The molecule has 1 aliphatic rings. The molecule has 35 heavy (non-hydrogen) atoms. The van der Waals surface area contributed by atoms with Crippen LogP contribution in [-0.2, 0) is 4.79 Å². The van der Waals surface area contributed by atoms with E-state index in [1.165, 1.54) is 28.3 Å². The van der Waals surface area contributed by atoms with Crippen LogP contribution >= 0.6 is 12.6 Å². The molecule has 1 amide bonds. The van der Waals surface area contributed by atoms with Crippen molar-refractivity contribution >= 4 is 29.8 Å². The van der Waals surface area contributed by atoms with Crippen molar-refractivity contribution in [3.8, 4) is 5.75 Å². The standard InChI is InChI=1S/C14H22O.C10H8S.C6H12N2O/c1-11(2)6-5-9-15-14-10-12(3)7-8-13(14)4;11-10-6-5-8-3-1-2-4-9(8)7-10;9-5-8-6-1-3-7-4-2-6/h7-8,10-11H,5-6,9H2,1-4H3;1-7,11H;5-7H,1-4H2,(H,8,9). The number of carbonyl (C=O) groups is 1. The van der Waals surface area contributed by atoms with Crippen molar-refractivity contribution in [2.75, 3.05) is 19.7 Å². The molecule has 0 unspecified atom stereocenters. The fourth-order valence-corrected chi connectivity index (χ4v) is 4.01. The molecule has 1 saturated heterocycles. The predicted molar refractivity (Wildman–Crippen MR) is 152 cm³/mol. The molecule has 1 heterocycles. The molecule has 0 atom stereocenters. The van der Waals surface area contributed by atoms with Crippen LogP contribution in [0.3, 0.4) is 0 Å². The lowest BCUT2D eigenvalue weighted by atomic mass is 10.1. The topological polar surface area (TPSA) is 50.4 Å². The Bertz CT molecular complexity index is 1020. The van der Waals surface area contributed by atoms with E-state index in [2.05, 4.69) is 93.4 Å². The smallest absolute Gasteiger partial charge is 0.207 e. The highest BCUT2D eigenvalue weighted by Gasteiger charge is 2.10. The van der Waals surface area contributed by atoms with Gasteiger partial charge in [0.15, 0.2) is 0 Å². The highest BCUT2D eigenvalue weighted by atomic mass is 32.1. The Balaban J connectivity index is 0.000000192. The third kappa shape index (κ3) is 11.7. The maximum atomic E-state index is 9.94. The molecule has 4 nitrogen and oxygen atoms in total. The second kappa shape index (κ2) is 16.2. The molecule has 0 bridgehead atoms. The predicted octanol–water partition coefficient (Wildman–Crippen LogP) is 6.73. The van der Waals surface area contributed by atoms with E-state index in [0.29, 0.717) is 6.04 Å². The number of benzene rings is 3. The number of amides is 1. The van der Waals surface area contributed by atoms with E-state index in [1.54, 1.807) is 0 Å². The molecule has 0 aromatic heterocycles. The summed E-state index contributed by atoms with van der Waals surface area (Å²) in [6.45, 7) is 11.6. The monoisotopic (exact) mass is 494 g/mol. The third-order valence-corrected chi connectivity index (χ3v) is 6.18. The molecule has 3 aromatic carbocycles. The van der Waals surface area contributed by atoms with Crippen LogP contribution in [0.25, 0.3) is 10.8 Å². The maximum absolute atomic E-state index is 9.94. The molecule has 0 radical (unpaired) electrons. The summed E-state index contributed by atoms with van der Waals surface area (Å²) in [4.78, 5) is 11.0. The highest BCUT2D eigenvalue weighted by molar-refractivity contribution is 7.80. The van der Waals surface area contributed by atoms with Gasteiger partial charge in [0, 0.05) is 10.9 Å². The number of nitrogens with one attached hydrogen (secondary N) is 2. The van der Waals surface area contributed by atoms with Gasteiger partial charge in [0.25, 0.3) is 0 Å². The zero-order valence-corrected chi connectivity index (χ0v) is 22.6. The third-order valence-electron chi connectivity index (χ3n) is 5.90. The van der Waals surface area contributed by atoms with Crippen LogP contribution in [0.5, 0.6) is 5.75 Å². The minimum absolute atomic E-state index is 0.420. The summed E-state index contributed by atoms with van der Waals surface area (Å²) < 4.78 is 5.77. The van der Waals surface area contributed by atoms with Crippen molar-refractivity contribution in [3.05, 3.63) is 71.8 Å². The van der Waals surface area contributed by atoms with E-state index in [1.807, 2.05) is 18.2 Å². The minimum atomic E-state index is 0.420. The van der Waals surface area contributed by atoms with Gasteiger partial charge in [0.05, 0.1) is 6.61 Å². The first-order valence-corrected chi connectivity index (χ1v) is 13.1. The first kappa shape index (κ1) is 28.7. The van der Waals surface area contributed by atoms with Gasteiger partial charge in [-0.25, -0.2) is 0 Å². The summed E-state index contributed by atoms with van der Waals surface area (Å²) in [5.74, 6) is 1.81. The van der Waals surface area contributed by atoms with Crippen molar-refractivity contribution in [1.82, 2.24) is 10.6 Å². The van der Waals surface area contributed by atoms with Crippen molar-refractivity contribution < 1.29 is 9.53 Å². The zero-order valence-electron chi connectivity index (χ0n) is 21.7. The zero-order chi connectivity index (χ0) is 25.5. The lowest BCUT2D eigenvalue weighted by molar-refractivity contribution is -0.110. The molecule has 190 valence electrons. The number of ether oxygens (including phenoxy) is 1. The van der Waals surface area contributed by atoms with Crippen molar-refractivity contribution in [2.45, 2.75) is 64.3 Å². The summed E-state index contributed by atoms with van der Waals surface area (Å²) in [6.07, 6.45) is 5.31. The normalized spacial score (nSPS) is 13.3. The highest BCUT2D eigenvalue weighted by Crippen LogP contribution is 2.20. The summed E-state index contributed by atoms with van der Waals surface area (Å²) >= 11 is 4.26. The van der Waals surface area contributed by atoms with Gasteiger partial charge in [-0.05, 0) is 98.6 Å². The van der Waals surface area contributed by atoms with Gasteiger partial charge in [0.2, 0.25) is 6.41 Å². The number of aryl methyl sites for hydroxylation is 2. The van der Waals surface area contributed by atoms with E-state index in [0.717, 1.165) is 61.9 Å². The fraction of sp³-hybridized carbons (Fsp3) is 0.433. The van der Waals surface area contributed by atoms with Crippen LogP contribution in [0, 0.1) is 19.8 Å². The minimum Gasteiger partial charge on any atom is -0.493 e. The summed E-state index contributed by atoms with van der Waals surface area (Å²) in [5.41, 5.74) is 2.49. The van der Waals surface area contributed by atoms with E-state index in [-0.39, 0.29) is 0 Å². The molecular formula is C30H42N2O2S. The van der Waals surface area contributed by atoms with Gasteiger partial charge >= 0.3 is 0 Å². The van der Waals surface area contributed by atoms with Crippen molar-refractivity contribution in [1.29, 1.82) is 0 Å². The number of piperidine rings is 1. The van der Waals surface area contributed by atoms with E-state index in [9.17, 15) is 4.79 Å². The van der Waals surface area contributed by atoms with Gasteiger partial charge in [-0.3, -0.25) is 4.79 Å². The quantitative estimate of drug-likeness (QED) is 0.194. The van der Waals surface area contributed by atoms with Gasteiger partial charge in [-0.15, -0.1) is 12.6 Å². The Morgan fingerprint density at radius 2 is 1.74 bits per heavy atom. The summed E-state index contributed by atoms with van der Waals surface area (Å²) in [6, 6.07) is 21.2. The van der Waals surface area contributed by atoms with E-state index >= 15 is 0 Å². The Kier molecular flexibility index (Phi) is 13.3. The van der Waals surface area contributed by atoms with Crippen LogP contribution in [0.1, 0.15) is 50.7 Å². The van der Waals surface area contributed by atoms with Crippen LogP contribution < -0.4 is 15.4 Å². The average Bonchev–Trinajstić information content (AvgIpc) is 2.85. The lowest BCUT2D eigenvalue weighted by Crippen LogP contribution is -2.39. The Morgan fingerprint density at radius 1 is 1.03 bits per heavy atom.